The molecule has 0 aromatic rings. The SMILES string of the molecule is CCCN1CCN(C(=N)CC)CC1. The fourth-order valence-corrected chi connectivity index (χ4v) is 1.78. The molecule has 1 rings (SSSR count). The number of nitrogens with one attached hydrogen (secondary N) is 1. The summed E-state index contributed by atoms with van der Waals surface area (Å²) in [5.74, 6) is 0.802. The molecule has 0 aliphatic carbocycles. The molecule has 0 saturated carbocycles. The van der Waals surface area contributed by atoms with Crippen molar-refractivity contribution in [3.63, 3.8) is 0 Å². The molecule has 0 atom stereocenters. The Morgan fingerprint density at radius 2 is 1.77 bits per heavy atom. The molecule has 76 valence electrons. The van der Waals surface area contributed by atoms with E-state index < -0.39 is 0 Å². The zero-order valence-electron chi connectivity index (χ0n) is 8.84. The van der Waals surface area contributed by atoms with Gasteiger partial charge in [-0.15, -0.1) is 0 Å². The van der Waals surface area contributed by atoms with Gasteiger partial charge in [0.25, 0.3) is 0 Å². The smallest absolute Gasteiger partial charge is 0.0955 e. The normalized spacial score (nSPS) is 19.1. The van der Waals surface area contributed by atoms with Crippen molar-refractivity contribution < 1.29 is 0 Å². The summed E-state index contributed by atoms with van der Waals surface area (Å²) in [4.78, 5) is 4.69. The highest BCUT2D eigenvalue weighted by atomic mass is 15.3. The number of amidine groups is 1. The molecule has 1 N–H and O–H groups in total. The molecule has 0 radical (unpaired) electrons. The summed E-state index contributed by atoms with van der Waals surface area (Å²) in [6.07, 6.45) is 2.11. The minimum atomic E-state index is 0.802. The van der Waals surface area contributed by atoms with Gasteiger partial charge in [0.2, 0.25) is 0 Å². The van der Waals surface area contributed by atoms with Crippen LogP contribution in [0.5, 0.6) is 0 Å². The van der Waals surface area contributed by atoms with E-state index in [-0.39, 0.29) is 0 Å². The summed E-state index contributed by atoms with van der Waals surface area (Å²) in [5, 5.41) is 7.71. The van der Waals surface area contributed by atoms with E-state index in [1.165, 1.54) is 13.0 Å². The molecule has 3 nitrogen and oxygen atoms in total. The molecule has 3 heteroatoms. The van der Waals surface area contributed by atoms with Gasteiger partial charge in [0.05, 0.1) is 5.84 Å². The molecule has 0 spiro atoms. The summed E-state index contributed by atoms with van der Waals surface area (Å²) in [6, 6.07) is 0. The zero-order chi connectivity index (χ0) is 9.68. The third kappa shape index (κ3) is 2.99. The van der Waals surface area contributed by atoms with Gasteiger partial charge in [-0.3, -0.25) is 10.3 Å². The molecule has 1 aliphatic rings. The van der Waals surface area contributed by atoms with Crippen LogP contribution in [0.3, 0.4) is 0 Å². The van der Waals surface area contributed by atoms with Crippen LogP contribution in [0.2, 0.25) is 0 Å². The molecular formula is C10H21N3. The van der Waals surface area contributed by atoms with Crippen molar-refractivity contribution in [2.24, 2.45) is 0 Å². The highest BCUT2D eigenvalue weighted by Crippen LogP contribution is 2.03. The molecule has 1 heterocycles. The Morgan fingerprint density at radius 3 is 2.23 bits per heavy atom. The van der Waals surface area contributed by atoms with E-state index >= 15 is 0 Å². The maximum Gasteiger partial charge on any atom is 0.0955 e. The summed E-state index contributed by atoms with van der Waals surface area (Å²) >= 11 is 0. The molecule has 0 bridgehead atoms. The highest BCUT2D eigenvalue weighted by molar-refractivity contribution is 5.78. The summed E-state index contributed by atoms with van der Waals surface area (Å²) < 4.78 is 0. The van der Waals surface area contributed by atoms with E-state index in [0.717, 1.165) is 38.4 Å². The van der Waals surface area contributed by atoms with Crippen molar-refractivity contribution in [3.05, 3.63) is 0 Å². The monoisotopic (exact) mass is 183 g/mol. The van der Waals surface area contributed by atoms with Crippen molar-refractivity contribution >= 4 is 5.84 Å². The number of hydrogen-bond acceptors (Lipinski definition) is 2. The first-order valence-electron chi connectivity index (χ1n) is 5.32. The summed E-state index contributed by atoms with van der Waals surface area (Å²) in [6.45, 7) is 9.86. The zero-order valence-corrected chi connectivity index (χ0v) is 8.84. The summed E-state index contributed by atoms with van der Waals surface area (Å²) in [7, 11) is 0. The second-order valence-corrected chi connectivity index (χ2v) is 3.63. The van der Waals surface area contributed by atoms with E-state index in [4.69, 9.17) is 5.41 Å². The predicted octanol–water partition coefficient (Wildman–Crippen LogP) is 1.40. The van der Waals surface area contributed by atoms with Crippen molar-refractivity contribution in [2.75, 3.05) is 32.7 Å². The van der Waals surface area contributed by atoms with Gasteiger partial charge in [0, 0.05) is 32.6 Å². The largest absolute Gasteiger partial charge is 0.358 e. The highest BCUT2D eigenvalue weighted by Gasteiger charge is 2.16. The van der Waals surface area contributed by atoms with Gasteiger partial charge in [0.15, 0.2) is 0 Å². The van der Waals surface area contributed by atoms with E-state index in [9.17, 15) is 0 Å². The minimum absolute atomic E-state index is 0.802. The first-order valence-corrected chi connectivity index (χ1v) is 5.32. The number of hydrogen-bond donors (Lipinski definition) is 1. The van der Waals surface area contributed by atoms with Gasteiger partial charge in [-0.05, 0) is 13.0 Å². The fraction of sp³-hybridized carbons (Fsp3) is 0.900. The third-order valence-corrected chi connectivity index (χ3v) is 2.63. The van der Waals surface area contributed by atoms with E-state index in [1.807, 2.05) is 0 Å². The Morgan fingerprint density at radius 1 is 1.15 bits per heavy atom. The average molecular weight is 183 g/mol. The Labute approximate surface area is 81.2 Å². The Kier molecular flexibility index (Phi) is 4.22. The maximum atomic E-state index is 7.71. The third-order valence-electron chi connectivity index (χ3n) is 2.63. The summed E-state index contributed by atoms with van der Waals surface area (Å²) in [5.41, 5.74) is 0. The van der Waals surface area contributed by atoms with Crippen LogP contribution in [0.4, 0.5) is 0 Å². The standard InChI is InChI=1S/C10H21N3/c1-3-5-12-6-8-13(9-7-12)10(11)4-2/h11H,3-9H2,1-2H3. The van der Waals surface area contributed by atoms with Crippen LogP contribution in [0.1, 0.15) is 26.7 Å². The van der Waals surface area contributed by atoms with Gasteiger partial charge >= 0.3 is 0 Å². The first-order chi connectivity index (χ1) is 6.27. The molecule has 1 fully saturated rings. The van der Waals surface area contributed by atoms with Gasteiger partial charge in [-0.2, -0.15) is 0 Å². The van der Waals surface area contributed by atoms with Crippen LogP contribution in [0, 0.1) is 5.41 Å². The van der Waals surface area contributed by atoms with Crippen LogP contribution < -0.4 is 0 Å². The molecular weight excluding hydrogens is 162 g/mol. The van der Waals surface area contributed by atoms with Crippen molar-refractivity contribution in [1.29, 1.82) is 5.41 Å². The van der Waals surface area contributed by atoms with Crippen LogP contribution in [0.15, 0.2) is 0 Å². The predicted molar refractivity (Wildman–Crippen MR) is 56.3 cm³/mol. The second-order valence-electron chi connectivity index (χ2n) is 3.63. The maximum absolute atomic E-state index is 7.71. The number of rotatable bonds is 3. The Bertz CT molecular complexity index is 160. The van der Waals surface area contributed by atoms with Crippen LogP contribution >= 0.6 is 0 Å². The van der Waals surface area contributed by atoms with Gasteiger partial charge in [-0.25, -0.2) is 0 Å². The second kappa shape index (κ2) is 5.22. The van der Waals surface area contributed by atoms with Crippen molar-refractivity contribution in [3.8, 4) is 0 Å². The topological polar surface area (TPSA) is 30.3 Å². The average Bonchev–Trinajstić information content (AvgIpc) is 2.18. The number of piperazine rings is 1. The lowest BCUT2D eigenvalue weighted by molar-refractivity contribution is 0.180. The molecule has 0 aromatic carbocycles. The number of nitrogens with zero attached hydrogens (tertiary/aromatic N) is 2. The van der Waals surface area contributed by atoms with E-state index in [1.54, 1.807) is 0 Å². The van der Waals surface area contributed by atoms with E-state index in [0.29, 0.717) is 0 Å². The molecule has 13 heavy (non-hydrogen) atoms. The Balaban J connectivity index is 2.26. The minimum Gasteiger partial charge on any atom is -0.358 e. The molecule has 1 aliphatic heterocycles. The van der Waals surface area contributed by atoms with Crippen molar-refractivity contribution in [2.45, 2.75) is 26.7 Å². The molecule has 0 aromatic heterocycles. The molecule has 1 saturated heterocycles. The quantitative estimate of drug-likeness (QED) is 0.529. The van der Waals surface area contributed by atoms with Gasteiger partial charge in [-0.1, -0.05) is 13.8 Å². The Hall–Kier alpha value is -0.570. The van der Waals surface area contributed by atoms with Crippen LogP contribution in [-0.4, -0.2) is 48.4 Å². The van der Waals surface area contributed by atoms with Gasteiger partial charge < -0.3 is 4.90 Å². The lowest BCUT2D eigenvalue weighted by atomic mass is 10.2. The lowest BCUT2D eigenvalue weighted by Crippen LogP contribution is -2.48. The van der Waals surface area contributed by atoms with Crippen molar-refractivity contribution in [1.82, 2.24) is 9.80 Å². The molecule has 0 unspecified atom stereocenters. The lowest BCUT2D eigenvalue weighted by Gasteiger charge is -2.35. The first kappa shape index (κ1) is 10.5. The van der Waals surface area contributed by atoms with Crippen LogP contribution in [0.25, 0.3) is 0 Å². The fourth-order valence-electron chi connectivity index (χ4n) is 1.78. The van der Waals surface area contributed by atoms with Gasteiger partial charge in [0.1, 0.15) is 0 Å². The van der Waals surface area contributed by atoms with E-state index in [2.05, 4.69) is 23.6 Å². The molecule has 0 amide bonds. The van der Waals surface area contributed by atoms with Crippen LogP contribution in [-0.2, 0) is 0 Å².